The maximum absolute atomic E-state index is 13.4. The predicted molar refractivity (Wildman–Crippen MR) is 140 cm³/mol. The van der Waals surface area contributed by atoms with E-state index in [1.54, 1.807) is 24.3 Å². The van der Waals surface area contributed by atoms with Crippen LogP contribution in [-0.2, 0) is 16.2 Å². The van der Waals surface area contributed by atoms with E-state index in [9.17, 15) is 30.8 Å². The molecule has 1 amide bonds. The first-order chi connectivity index (χ1) is 18.3. The van der Waals surface area contributed by atoms with E-state index in [4.69, 9.17) is 27.9 Å². The van der Waals surface area contributed by atoms with Gasteiger partial charge in [-0.15, -0.1) is 0 Å². The lowest BCUT2D eigenvalue weighted by Gasteiger charge is -2.16. The Balaban J connectivity index is 1.58. The fourth-order valence-electron chi connectivity index (χ4n) is 3.39. The first kappa shape index (κ1) is 28.2. The smallest absolute Gasteiger partial charge is 0.418 e. The third-order valence-corrected chi connectivity index (χ3v) is 7.13. The topological polar surface area (TPSA) is 84.5 Å². The lowest BCUT2D eigenvalue weighted by Crippen LogP contribution is -2.20. The molecule has 0 aliphatic carbocycles. The molecule has 0 spiro atoms. The van der Waals surface area contributed by atoms with Crippen molar-refractivity contribution in [2.45, 2.75) is 11.1 Å². The van der Waals surface area contributed by atoms with Crippen molar-refractivity contribution in [1.29, 1.82) is 0 Å². The molecule has 2 N–H and O–H groups in total. The van der Waals surface area contributed by atoms with Gasteiger partial charge in [-0.2, -0.15) is 13.2 Å². The van der Waals surface area contributed by atoms with E-state index in [1.165, 1.54) is 36.4 Å². The average Bonchev–Trinajstić information content (AvgIpc) is 2.87. The molecular weight excluding hydrogens is 583 g/mol. The Morgan fingerprint density at radius 3 is 2.18 bits per heavy atom. The van der Waals surface area contributed by atoms with Crippen LogP contribution in [0.25, 0.3) is 0 Å². The molecule has 0 radical (unpaired) electrons. The molecular formula is C26H16Cl2F4N2O4S. The molecule has 0 aliphatic heterocycles. The number of amides is 1. The molecule has 0 aromatic heterocycles. The number of alkyl halides is 3. The molecule has 0 saturated heterocycles. The van der Waals surface area contributed by atoms with Crippen LogP contribution < -0.4 is 14.8 Å². The molecule has 0 heterocycles. The minimum atomic E-state index is -4.97. The number of hydrogen-bond acceptors (Lipinski definition) is 4. The van der Waals surface area contributed by atoms with Crippen LogP contribution in [0, 0.1) is 5.82 Å². The Morgan fingerprint density at radius 2 is 1.51 bits per heavy atom. The number of anilines is 2. The zero-order valence-corrected chi connectivity index (χ0v) is 21.7. The minimum absolute atomic E-state index is 0.0133. The molecule has 0 aliphatic rings. The number of hydrogen-bond donors (Lipinski definition) is 2. The van der Waals surface area contributed by atoms with E-state index in [-0.39, 0.29) is 27.2 Å². The summed E-state index contributed by atoms with van der Waals surface area (Å²) in [6.45, 7) is 0. The number of halogens is 6. The van der Waals surface area contributed by atoms with E-state index in [1.807, 2.05) is 5.32 Å². The fourth-order valence-corrected chi connectivity index (χ4v) is 4.81. The third kappa shape index (κ3) is 6.80. The van der Waals surface area contributed by atoms with Crippen molar-refractivity contribution in [3.05, 3.63) is 112 Å². The van der Waals surface area contributed by atoms with Gasteiger partial charge < -0.3 is 10.1 Å². The van der Waals surface area contributed by atoms with Gasteiger partial charge in [-0.3, -0.25) is 9.52 Å². The maximum Gasteiger partial charge on any atom is 0.418 e. The van der Waals surface area contributed by atoms with E-state index < -0.39 is 39.2 Å². The number of carbonyl (C=O) groups is 1. The third-order valence-electron chi connectivity index (χ3n) is 5.20. The lowest BCUT2D eigenvalue weighted by molar-refractivity contribution is -0.137. The summed E-state index contributed by atoms with van der Waals surface area (Å²) < 4.78 is 87.5. The Labute approximate surface area is 230 Å². The summed E-state index contributed by atoms with van der Waals surface area (Å²) in [5.41, 5.74) is -2.78. The lowest BCUT2D eigenvalue weighted by atomic mass is 10.1. The Hall–Kier alpha value is -3.80. The monoisotopic (exact) mass is 598 g/mol. The van der Waals surface area contributed by atoms with Gasteiger partial charge in [0.15, 0.2) is 0 Å². The second-order valence-electron chi connectivity index (χ2n) is 7.94. The van der Waals surface area contributed by atoms with Gasteiger partial charge in [0.1, 0.15) is 17.3 Å². The normalized spacial score (nSPS) is 11.6. The molecule has 0 bridgehead atoms. The maximum atomic E-state index is 13.4. The Morgan fingerprint density at radius 1 is 0.846 bits per heavy atom. The first-order valence-corrected chi connectivity index (χ1v) is 13.1. The van der Waals surface area contributed by atoms with Gasteiger partial charge >= 0.3 is 6.18 Å². The van der Waals surface area contributed by atoms with Crippen molar-refractivity contribution < 1.29 is 35.5 Å². The number of carbonyl (C=O) groups excluding carboxylic acids is 1. The fraction of sp³-hybridized carbons (Fsp3) is 0.0385. The summed E-state index contributed by atoms with van der Waals surface area (Å²) in [5, 5.41) is 2.41. The summed E-state index contributed by atoms with van der Waals surface area (Å²) in [6.07, 6.45) is -4.97. The van der Waals surface area contributed by atoms with Gasteiger partial charge in [0.25, 0.3) is 15.9 Å². The van der Waals surface area contributed by atoms with Gasteiger partial charge in [0.05, 0.1) is 32.4 Å². The highest BCUT2D eigenvalue weighted by atomic mass is 35.5. The van der Waals surface area contributed by atoms with E-state index >= 15 is 0 Å². The molecule has 13 heteroatoms. The summed E-state index contributed by atoms with van der Waals surface area (Å²) >= 11 is 12.0. The number of para-hydroxylation sites is 1. The van der Waals surface area contributed by atoms with Crippen LogP contribution in [0.2, 0.25) is 10.0 Å². The van der Waals surface area contributed by atoms with Crippen molar-refractivity contribution in [2.24, 2.45) is 0 Å². The quantitative estimate of drug-likeness (QED) is 0.211. The van der Waals surface area contributed by atoms with Crippen LogP contribution in [-0.4, -0.2) is 14.3 Å². The Bertz CT molecular complexity index is 1650. The van der Waals surface area contributed by atoms with E-state index in [2.05, 4.69) is 4.72 Å². The standard InChI is InChI=1S/C26H16Cl2F4N2O4S/c27-15-5-11-22(19(13-15)25(35)33-23-12-6-16(29)14-20(23)26(30,31)32)34-39(36,37)18-9-7-17(8-10-18)38-24-4-2-1-3-21(24)28/h1-14,34H,(H,33,35). The van der Waals surface area contributed by atoms with Crippen molar-refractivity contribution in [1.82, 2.24) is 0 Å². The van der Waals surface area contributed by atoms with E-state index in [0.717, 1.165) is 18.2 Å². The second-order valence-corrected chi connectivity index (χ2v) is 10.5. The second kappa shape index (κ2) is 11.1. The highest BCUT2D eigenvalue weighted by Crippen LogP contribution is 2.36. The molecule has 0 saturated carbocycles. The van der Waals surface area contributed by atoms with Crippen LogP contribution >= 0.6 is 23.2 Å². The SMILES string of the molecule is O=C(Nc1ccc(F)cc1C(F)(F)F)c1cc(Cl)ccc1NS(=O)(=O)c1ccc(Oc2ccccc2Cl)cc1. The largest absolute Gasteiger partial charge is 0.456 e. The number of rotatable bonds is 7. The molecule has 6 nitrogen and oxygen atoms in total. The van der Waals surface area contributed by atoms with Gasteiger partial charge in [-0.05, 0) is 72.8 Å². The Kier molecular flexibility index (Phi) is 8.05. The molecule has 4 rings (SSSR count). The summed E-state index contributed by atoms with van der Waals surface area (Å²) in [7, 11) is -4.27. The van der Waals surface area contributed by atoms with Crippen LogP contribution in [0.15, 0.2) is 89.8 Å². The molecule has 4 aromatic rings. The average molecular weight is 599 g/mol. The van der Waals surface area contributed by atoms with Crippen LogP contribution in [0.1, 0.15) is 15.9 Å². The van der Waals surface area contributed by atoms with Crippen molar-refractivity contribution in [3.63, 3.8) is 0 Å². The van der Waals surface area contributed by atoms with Crippen LogP contribution in [0.4, 0.5) is 28.9 Å². The highest BCUT2D eigenvalue weighted by Gasteiger charge is 2.34. The summed E-state index contributed by atoms with van der Waals surface area (Å²) in [4.78, 5) is 12.7. The number of benzene rings is 4. The zero-order valence-electron chi connectivity index (χ0n) is 19.4. The zero-order chi connectivity index (χ0) is 28.4. The van der Waals surface area contributed by atoms with Gasteiger partial charge in [0.2, 0.25) is 0 Å². The molecule has 0 unspecified atom stereocenters. The van der Waals surface area contributed by atoms with Crippen molar-refractivity contribution in [3.8, 4) is 11.5 Å². The van der Waals surface area contributed by atoms with E-state index in [0.29, 0.717) is 16.5 Å². The number of sulfonamides is 1. The predicted octanol–water partition coefficient (Wildman–Crippen LogP) is 8.00. The highest BCUT2D eigenvalue weighted by molar-refractivity contribution is 7.92. The van der Waals surface area contributed by atoms with Crippen LogP contribution in [0.3, 0.4) is 0 Å². The van der Waals surface area contributed by atoms with Crippen molar-refractivity contribution in [2.75, 3.05) is 10.0 Å². The summed E-state index contributed by atoms with van der Waals surface area (Å²) in [5.74, 6) is -1.61. The number of ether oxygens (including phenoxy) is 1. The summed E-state index contributed by atoms with van der Waals surface area (Å²) in [6, 6.07) is 17.2. The molecule has 0 atom stereocenters. The minimum Gasteiger partial charge on any atom is -0.456 e. The number of nitrogens with one attached hydrogen (secondary N) is 2. The van der Waals surface area contributed by atoms with Crippen LogP contribution in [0.5, 0.6) is 11.5 Å². The molecule has 39 heavy (non-hydrogen) atoms. The van der Waals surface area contributed by atoms with Gasteiger partial charge in [-0.1, -0.05) is 35.3 Å². The first-order valence-electron chi connectivity index (χ1n) is 10.9. The van der Waals surface area contributed by atoms with Gasteiger partial charge in [-0.25, -0.2) is 12.8 Å². The van der Waals surface area contributed by atoms with Gasteiger partial charge in [0, 0.05) is 5.02 Å². The molecule has 0 fully saturated rings. The van der Waals surface area contributed by atoms with Crippen molar-refractivity contribution >= 4 is 50.5 Å². The molecule has 4 aromatic carbocycles. The molecule has 202 valence electrons.